The lowest BCUT2D eigenvalue weighted by Crippen LogP contribution is -2.35. The summed E-state index contributed by atoms with van der Waals surface area (Å²) >= 11 is 0. The molecule has 1 nitrogen and oxygen atoms in total. The predicted octanol–water partition coefficient (Wildman–Crippen LogP) is 4.49. The molecule has 0 aromatic heterocycles. The fourth-order valence-electron chi connectivity index (χ4n) is 1.47. The lowest BCUT2D eigenvalue weighted by atomic mass is 10.3. The third-order valence-electron chi connectivity index (χ3n) is 3.15. The van der Waals surface area contributed by atoms with Crippen molar-refractivity contribution in [1.29, 1.82) is 0 Å². The standard InChI is InChI=1S/C12H24OSi/c1-7-11(5)12(6)13-14(8-2,9-3)10-4/h7H,6,8-10H2,1-5H3/b11-7+. The van der Waals surface area contributed by atoms with Crippen molar-refractivity contribution in [1.82, 2.24) is 0 Å². The molecule has 0 fully saturated rings. The van der Waals surface area contributed by atoms with Gasteiger partial charge in [0.1, 0.15) is 0 Å². The highest BCUT2D eigenvalue weighted by Gasteiger charge is 2.30. The van der Waals surface area contributed by atoms with Crippen molar-refractivity contribution in [2.24, 2.45) is 0 Å². The first kappa shape index (κ1) is 13.5. The average molecular weight is 212 g/mol. The van der Waals surface area contributed by atoms with E-state index in [2.05, 4.69) is 40.3 Å². The number of rotatable bonds is 6. The number of allylic oxidation sites excluding steroid dienone is 2. The Morgan fingerprint density at radius 2 is 1.64 bits per heavy atom. The van der Waals surface area contributed by atoms with E-state index in [-0.39, 0.29) is 0 Å². The maximum atomic E-state index is 6.11. The van der Waals surface area contributed by atoms with Gasteiger partial charge in [-0.25, -0.2) is 0 Å². The number of hydrogen-bond acceptors (Lipinski definition) is 1. The van der Waals surface area contributed by atoms with Crippen LogP contribution in [0.5, 0.6) is 0 Å². The maximum absolute atomic E-state index is 6.11. The maximum Gasteiger partial charge on any atom is 0.250 e. The van der Waals surface area contributed by atoms with Gasteiger partial charge in [-0.15, -0.1) is 0 Å². The molecule has 0 N–H and O–H groups in total. The van der Waals surface area contributed by atoms with Gasteiger partial charge < -0.3 is 4.43 Å². The molecule has 0 rings (SSSR count). The minimum Gasteiger partial charge on any atom is -0.544 e. The van der Waals surface area contributed by atoms with E-state index in [9.17, 15) is 0 Å². The van der Waals surface area contributed by atoms with E-state index in [0.717, 1.165) is 11.3 Å². The summed E-state index contributed by atoms with van der Waals surface area (Å²) in [6.45, 7) is 14.8. The van der Waals surface area contributed by atoms with Gasteiger partial charge in [0, 0.05) is 0 Å². The van der Waals surface area contributed by atoms with Gasteiger partial charge in [-0.1, -0.05) is 33.4 Å². The van der Waals surface area contributed by atoms with Crippen LogP contribution in [0.15, 0.2) is 24.0 Å². The van der Waals surface area contributed by atoms with Gasteiger partial charge in [0.15, 0.2) is 0 Å². The van der Waals surface area contributed by atoms with Gasteiger partial charge in [-0.2, -0.15) is 0 Å². The zero-order valence-corrected chi connectivity index (χ0v) is 11.3. The van der Waals surface area contributed by atoms with Crippen LogP contribution >= 0.6 is 0 Å². The van der Waals surface area contributed by atoms with Crippen molar-refractivity contribution in [2.45, 2.75) is 52.8 Å². The Bertz CT molecular complexity index is 206. The molecule has 0 unspecified atom stereocenters. The molecule has 0 bridgehead atoms. The summed E-state index contributed by atoms with van der Waals surface area (Å²) in [7, 11) is -1.50. The van der Waals surface area contributed by atoms with Crippen molar-refractivity contribution < 1.29 is 4.43 Å². The average Bonchev–Trinajstić information content (AvgIpc) is 2.24. The van der Waals surface area contributed by atoms with Crippen molar-refractivity contribution in [3.63, 3.8) is 0 Å². The smallest absolute Gasteiger partial charge is 0.250 e. The van der Waals surface area contributed by atoms with Gasteiger partial charge >= 0.3 is 0 Å². The zero-order chi connectivity index (χ0) is 11.2. The fraction of sp³-hybridized carbons (Fsp3) is 0.667. The van der Waals surface area contributed by atoms with Crippen LogP contribution in [0.25, 0.3) is 0 Å². The molecule has 0 aliphatic carbocycles. The molecule has 0 aromatic rings. The van der Waals surface area contributed by atoms with E-state index in [4.69, 9.17) is 4.43 Å². The molecule has 0 saturated heterocycles. The molecule has 0 atom stereocenters. The minimum absolute atomic E-state index is 0.879. The van der Waals surface area contributed by atoms with E-state index in [1.54, 1.807) is 0 Å². The Hall–Kier alpha value is -0.503. The van der Waals surface area contributed by atoms with E-state index in [0.29, 0.717) is 0 Å². The Kier molecular flexibility index (Phi) is 5.85. The van der Waals surface area contributed by atoms with Gasteiger partial charge in [-0.3, -0.25) is 0 Å². The first-order valence-electron chi connectivity index (χ1n) is 5.56. The molecule has 0 spiro atoms. The molecule has 14 heavy (non-hydrogen) atoms. The Labute approximate surface area is 90.0 Å². The Balaban J connectivity index is 4.53. The van der Waals surface area contributed by atoms with E-state index >= 15 is 0 Å². The molecule has 0 saturated carbocycles. The van der Waals surface area contributed by atoms with Crippen LogP contribution in [0, 0.1) is 0 Å². The minimum atomic E-state index is -1.50. The normalized spacial score (nSPS) is 12.8. The van der Waals surface area contributed by atoms with Crippen LogP contribution in [0.1, 0.15) is 34.6 Å². The van der Waals surface area contributed by atoms with Crippen LogP contribution in [-0.4, -0.2) is 8.32 Å². The highest BCUT2D eigenvalue weighted by atomic mass is 28.4. The van der Waals surface area contributed by atoms with E-state index < -0.39 is 8.32 Å². The van der Waals surface area contributed by atoms with Crippen molar-refractivity contribution >= 4 is 8.32 Å². The molecule has 2 heteroatoms. The summed E-state index contributed by atoms with van der Waals surface area (Å²) in [5.41, 5.74) is 1.16. The third kappa shape index (κ3) is 3.33. The Morgan fingerprint density at radius 3 is 1.93 bits per heavy atom. The summed E-state index contributed by atoms with van der Waals surface area (Å²) in [4.78, 5) is 0. The Morgan fingerprint density at radius 1 is 1.21 bits per heavy atom. The third-order valence-corrected chi connectivity index (χ3v) is 7.69. The summed E-state index contributed by atoms with van der Waals surface area (Å²) in [5.74, 6) is 0.879. The van der Waals surface area contributed by atoms with Gasteiger partial charge in [0.25, 0.3) is 0 Å². The van der Waals surface area contributed by atoms with Crippen LogP contribution in [0.2, 0.25) is 18.1 Å². The predicted molar refractivity (Wildman–Crippen MR) is 66.9 cm³/mol. The SMILES string of the molecule is C=C(O[Si](CC)(CC)CC)/C(C)=C/C. The molecule has 0 heterocycles. The van der Waals surface area contributed by atoms with Crippen molar-refractivity contribution in [3.05, 3.63) is 24.0 Å². The fourth-order valence-corrected chi connectivity index (χ4v) is 4.09. The van der Waals surface area contributed by atoms with Gasteiger partial charge in [-0.05, 0) is 37.6 Å². The second-order valence-electron chi connectivity index (χ2n) is 3.74. The van der Waals surface area contributed by atoms with Crippen LogP contribution in [-0.2, 0) is 4.43 Å². The van der Waals surface area contributed by atoms with E-state index in [1.807, 2.05) is 6.92 Å². The molecule has 0 aliphatic heterocycles. The molecular weight excluding hydrogens is 188 g/mol. The molecule has 0 aromatic carbocycles. The second-order valence-corrected chi connectivity index (χ2v) is 8.43. The highest BCUT2D eigenvalue weighted by molar-refractivity contribution is 6.73. The first-order chi connectivity index (χ1) is 6.55. The molecule has 0 radical (unpaired) electrons. The summed E-state index contributed by atoms with van der Waals surface area (Å²) < 4.78 is 6.11. The van der Waals surface area contributed by atoms with E-state index in [1.165, 1.54) is 18.1 Å². The first-order valence-corrected chi connectivity index (χ1v) is 8.09. The topological polar surface area (TPSA) is 9.23 Å². The number of hydrogen-bond donors (Lipinski definition) is 0. The summed E-state index contributed by atoms with van der Waals surface area (Å²) in [6.07, 6.45) is 2.06. The highest BCUT2D eigenvalue weighted by Crippen LogP contribution is 2.26. The summed E-state index contributed by atoms with van der Waals surface area (Å²) in [6, 6.07) is 3.53. The molecule has 0 amide bonds. The van der Waals surface area contributed by atoms with Gasteiger partial charge in [0.2, 0.25) is 8.32 Å². The van der Waals surface area contributed by atoms with Crippen LogP contribution in [0.4, 0.5) is 0 Å². The van der Waals surface area contributed by atoms with Crippen LogP contribution < -0.4 is 0 Å². The van der Waals surface area contributed by atoms with Crippen molar-refractivity contribution in [3.8, 4) is 0 Å². The lowest BCUT2D eigenvalue weighted by Gasteiger charge is -2.30. The zero-order valence-electron chi connectivity index (χ0n) is 10.3. The molecule has 0 aliphatic rings. The van der Waals surface area contributed by atoms with Crippen LogP contribution in [0.3, 0.4) is 0 Å². The quantitative estimate of drug-likeness (QED) is 0.358. The lowest BCUT2D eigenvalue weighted by molar-refractivity contribution is 0.417. The second kappa shape index (κ2) is 6.07. The van der Waals surface area contributed by atoms with Gasteiger partial charge in [0.05, 0.1) is 5.76 Å². The van der Waals surface area contributed by atoms with Crippen molar-refractivity contribution in [2.75, 3.05) is 0 Å². The summed E-state index contributed by atoms with van der Waals surface area (Å²) in [5, 5.41) is 0. The molecular formula is C12H24OSi. The largest absolute Gasteiger partial charge is 0.544 e. The monoisotopic (exact) mass is 212 g/mol. The molecule has 82 valence electrons.